The largest absolute Gasteiger partial charge is 0.396 e. The van der Waals surface area contributed by atoms with E-state index in [4.69, 9.17) is 0 Å². The van der Waals surface area contributed by atoms with Gasteiger partial charge in [-0.05, 0) is 29.5 Å². The van der Waals surface area contributed by atoms with Crippen LogP contribution in [0.4, 0.5) is 5.82 Å². The first kappa shape index (κ1) is 15.1. The molecule has 2 aliphatic rings. The zero-order chi connectivity index (χ0) is 16.7. The van der Waals surface area contributed by atoms with E-state index in [0.29, 0.717) is 24.5 Å². The monoisotopic (exact) mass is 321 g/mol. The van der Waals surface area contributed by atoms with Crippen molar-refractivity contribution in [3.8, 4) is 6.07 Å². The lowest BCUT2D eigenvalue weighted by Crippen LogP contribution is -2.23. The third-order valence-corrected chi connectivity index (χ3v) is 5.60. The number of benzene rings is 1. The van der Waals surface area contributed by atoms with Gasteiger partial charge in [-0.1, -0.05) is 30.3 Å². The molecule has 2 N–H and O–H groups in total. The summed E-state index contributed by atoms with van der Waals surface area (Å²) in [5, 5.41) is 29.9. The van der Waals surface area contributed by atoms with Crippen LogP contribution in [0.3, 0.4) is 0 Å². The maximum atomic E-state index is 10.8. The van der Waals surface area contributed by atoms with Crippen molar-refractivity contribution < 1.29 is 10.2 Å². The number of aliphatic hydroxyl groups is 2. The van der Waals surface area contributed by atoms with Crippen LogP contribution in [0.1, 0.15) is 17.0 Å². The van der Waals surface area contributed by atoms with E-state index >= 15 is 0 Å². The average molecular weight is 321 g/mol. The Morgan fingerprint density at radius 2 is 2.04 bits per heavy atom. The van der Waals surface area contributed by atoms with Gasteiger partial charge in [0, 0.05) is 31.3 Å². The Hall–Kier alpha value is -2.42. The van der Waals surface area contributed by atoms with Crippen molar-refractivity contribution in [1.29, 1.82) is 5.26 Å². The molecule has 5 nitrogen and oxygen atoms in total. The van der Waals surface area contributed by atoms with Gasteiger partial charge in [-0.2, -0.15) is 5.26 Å². The van der Waals surface area contributed by atoms with Crippen molar-refractivity contribution >= 4 is 5.82 Å². The van der Waals surface area contributed by atoms with Crippen LogP contribution in [0.25, 0.3) is 0 Å². The maximum absolute atomic E-state index is 10.8. The zero-order valence-electron chi connectivity index (χ0n) is 13.2. The number of rotatable bonds is 3. The standard InChI is InChI=1S/C19H19N3O2/c20-9-14-7-4-8-21-18(14)22-10-16(24)19(12-22)15(11-23)17(19)13-5-2-1-3-6-13/h1-8,15-17,23-24H,10-12H2/t15-,16+,17-,19-/m1/s1. The molecule has 5 heteroatoms. The summed E-state index contributed by atoms with van der Waals surface area (Å²) >= 11 is 0. The normalized spacial score (nSPS) is 31.2. The van der Waals surface area contributed by atoms with Gasteiger partial charge in [-0.25, -0.2) is 4.98 Å². The van der Waals surface area contributed by atoms with E-state index in [9.17, 15) is 15.5 Å². The molecule has 122 valence electrons. The van der Waals surface area contributed by atoms with E-state index < -0.39 is 6.10 Å². The van der Waals surface area contributed by atoms with Crippen molar-refractivity contribution in [1.82, 2.24) is 4.98 Å². The molecule has 1 aliphatic carbocycles. The van der Waals surface area contributed by atoms with Crippen LogP contribution in [0, 0.1) is 22.7 Å². The molecule has 1 saturated heterocycles. The molecule has 4 rings (SSSR count). The first-order valence-corrected chi connectivity index (χ1v) is 8.16. The van der Waals surface area contributed by atoms with Crippen LogP contribution in [0.15, 0.2) is 48.7 Å². The second-order valence-electron chi connectivity index (χ2n) is 6.67. The SMILES string of the molecule is N#Cc1cccnc1N1C[C@H](O)[C@@]2(C1)[C@H](CO)[C@H]2c1ccccc1. The van der Waals surface area contributed by atoms with Gasteiger partial charge in [-0.15, -0.1) is 0 Å². The summed E-state index contributed by atoms with van der Waals surface area (Å²) in [5.41, 5.74) is 1.30. The third-order valence-electron chi connectivity index (χ3n) is 5.60. The highest BCUT2D eigenvalue weighted by Crippen LogP contribution is 2.68. The maximum Gasteiger partial charge on any atom is 0.146 e. The fraction of sp³-hybridized carbons (Fsp3) is 0.368. The topological polar surface area (TPSA) is 80.4 Å². The summed E-state index contributed by atoms with van der Waals surface area (Å²) in [7, 11) is 0. The van der Waals surface area contributed by atoms with E-state index in [2.05, 4.69) is 23.2 Å². The molecule has 0 unspecified atom stereocenters. The summed E-state index contributed by atoms with van der Waals surface area (Å²) in [6.07, 6.45) is 1.12. The molecule has 1 aromatic heterocycles. The third kappa shape index (κ3) is 2.04. The lowest BCUT2D eigenvalue weighted by Gasteiger charge is -2.18. The van der Waals surface area contributed by atoms with E-state index in [1.165, 1.54) is 0 Å². The minimum atomic E-state index is -0.548. The molecule has 0 radical (unpaired) electrons. The van der Waals surface area contributed by atoms with Crippen molar-refractivity contribution in [2.45, 2.75) is 12.0 Å². The van der Waals surface area contributed by atoms with Crippen LogP contribution < -0.4 is 4.90 Å². The van der Waals surface area contributed by atoms with Gasteiger partial charge < -0.3 is 15.1 Å². The van der Waals surface area contributed by atoms with Crippen LogP contribution in [-0.2, 0) is 0 Å². The highest BCUT2D eigenvalue weighted by Gasteiger charge is 2.71. The molecular weight excluding hydrogens is 302 g/mol. The van der Waals surface area contributed by atoms with Gasteiger partial charge >= 0.3 is 0 Å². The van der Waals surface area contributed by atoms with Gasteiger partial charge in [0.2, 0.25) is 0 Å². The summed E-state index contributed by atoms with van der Waals surface area (Å²) in [6.45, 7) is 1.09. The molecule has 1 saturated carbocycles. The highest BCUT2D eigenvalue weighted by atomic mass is 16.3. The van der Waals surface area contributed by atoms with Crippen LogP contribution in [-0.4, -0.2) is 41.0 Å². The lowest BCUT2D eigenvalue weighted by atomic mass is 9.95. The number of anilines is 1. The minimum absolute atomic E-state index is 0.0362. The van der Waals surface area contributed by atoms with E-state index in [0.717, 1.165) is 5.56 Å². The fourth-order valence-electron chi connectivity index (χ4n) is 4.47. The molecule has 2 fully saturated rings. The lowest BCUT2D eigenvalue weighted by molar-refractivity contribution is 0.113. The zero-order valence-corrected chi connectivity index (χ0v) is 13.2. The molecule has 4 atom stereocenters. The minimum Gasteiger partial charge on any atom is -0.396 e. The number of aliphatic hydroxyl groups excluding tert-OH is 2. The highest BCUT2D eigenvalue weighted by molar-refractivity contribution is 5.56. The number of pyridine rings is 1. The van der Waals surface area contributed by atoms with E-state index in [-0.39, 0.29) is 23.9 Å². The van der Waals surface area contributed by atoms with Gasteiger partial charge in [0.25, 0.3) is 0 Å². The van der Waals surface area contributed by atoms with Gasteiger partial charge in [0.1, 0.15) is 11.9 Å². The molecular formula is C19H19N3O2. The number of aromatic nitrogens is 1. The summed E-state index contributed by atoms with van der Waals surface area (Å²) in [4.78, 5) is 6.32. The molecule has 1 aliphatic heterocycles. The number of hydrogen-bond donors (Lipinski definition) is 2. The van der Waals surface area contributed by atoms with Crippen molar-refractivity contribution in [3.05, 3.63) is 59.8 Å². The number of nitriles is 1. The molecule has 2 heterocycles. The Morgan fingerprint density at radius 1 is 1.25 bits per heavy atom. The second kappa shape index (κ2) is 5.59. The van der Waals surface area contributed by atoms with Gasteiger partial charge in [-0.3, -0.25) is 0 Å². The van der Waals surface area contributed by atoms with Crippen molar-refractivity contribution in [2.24, 2.45) is 11.3 Å². The number of nitrogens with zero attached hydrogens (tertiary/aromatic N) is 3. The Balaban J connectivity index is 1.67. The van der Waals surface area contributed by atoms with Crippen molar-refractivity contribution in [2.75, 3.05) is 24.6 Å². The molecule has 0 amide bonds. The molecule has 1 aromatic carbocycles. The fourth-order valence-corrected chi connectivity index (χ4v) is 4.47. The smallest absolute Gasteiger partial charge is 0.146 e. The Morgan fingerprint density at radius 3 is 2.75 bits per heavy atom. The van der Waals surface area contributed by atoms with Gasteiger partial charge in [0.15, 0.2) is 0 Å². The number of β-amino-alcohol motifs (C(OH)–C–C–N with tert-alkyl or cyclic N) is 1. The second-order valence-corrected chi connectivity index (χ2v) is 6.67. The van der Waals surface area contributed by atoms with E-state index in [1.54, 1.807) is 18.3 Å². The Kier molecular flexibility index (Phi) is 3.52. The average Bonchev–Trinajstić information content (AvgIpc) is 3.17. The molecule has 1 spiro atoms. The first-order valence-electron chi connectivity index (χ1n) is 8.16. The summed E-state index contributed by atoms with van der Waals surface area (Å²) < 4.78 is 0. The van der Waals surface area contributed by atoms with Crippen LogP contribution in [0.2, 0.25) is 0 Å². The van der Waals surface area contributed by atoms with Crippen molar-refractivity contribution in [3.63, 3.8) is 0 Å². The number of hydrogen-bond acceptors (Lipinski definition) is 5. The predicted molar refractivity (Wildman–Crippen MR) is 89.4 cm³/mol. The van der Waals surface area contributed by atoms with Crippen LogP contribution >= 0.6 is 0 Å². The van der Waals surface area contributed by atoms with Crippen LogP contribution in [0.5, 0.6) is 0 Å². The predicted octanol–water partition coefficient (Wildman–Crippen LogP) is 1.53. The van der Waals surface area contributed by atoms with Gasteiger partial charge in [0.05, 0.1) is 11.7 Å². The summed E-state index contributed by atoms with van der Waals surface area (Å²) in [5.74, 6) is 0.790. The summed E-state index contributed by atoms with van der Waals surface area (Å²) in [6, 6.07) is 15.7. The Labute approximate surface area is 140 Å². The Bertz CT molecular complexity index is 789. The van der Waals surface area contributed by atoms with E-state index in [1.807, 2.05) is 23.1 Å². The quantitative estimate of drug-likeness (QED) is 0.896. The molecule has 2 aromatic rings. The molecule has 0 bridgehead atoms. The molecule has 24 heavy (non-hydrogen) atoms. The first-order chi connectivity index (χ1) is 11.7.